The fourth-order valence-electron chi connectivity index (χ4n) is 2.92. The average Bonchev–Trinajstić information content (AvgIpc) is 3.18. The SMILES string of the molecule is CCN(Cc1cccc(F)c1)C(=O)NCc1ccccc1Cn1cccn1. The third-order valence-electron chi connectivity index (χ3n) is 4.37. The molecule has 0 spiro atoms. The number of halogens is 1. The minimum atomic E-state index is -0.295. The lowest BCUT2D eigenvalue weighted by Gasteiger charge is -2.22. The van der Waals surface area contributed by atoms with Crippen molar-refractivity contribution in [2.24, 2.45) is 0 Å². The first-order chi connectivity index (χ1) is 13.2. The molecule has 3 aromatic rings. The Morgan fingerprint density at radius 3 is 2.67 bits per heavy atom. The topological polar surface area (TPSA) is 50.2 Å². The molecular formula is C21H23FN4O. The van der Waals surface area contributed by atoms with Crippen molar-refractivity contribution in [1.29, 1.82) is 0 Å². The highest BCUT2D eigenvalue weighted by molar-refractivity contribution is 5.74. The normalized spacial score (nSPS) is 10.6. The zero-order valence-electron chi connectivity index (χ0n) is 15.3. The van der Waals surface area contributed by atoms with Gasteiger partial charge >= 0.3 is 6.03 Å². The van der Waals surface area contributed by atoms with Crippen molar-refractivity contribution in [2.75, 3.05) is 6.54 Å². The van der Waals surface area contributed by atoms with Gasteiger partial charge < -0.3 is 10.2 Å². The van der Waals surface area contributed by atoms with Crippen molar-refractivity contribution in [2.45, 2.75) is 26.6 Å². The van der Waals surface area contributed by atoms with Crippen LogP contribution in [0.5, 0.6) is 0 Å². The molecule has 0 fully saturated rings. The highest BCUT2D eigenvalue weighted by Gasteiger charge is 2.13. The Hall–Kier alpha value is -3.15. The third-order valence-corrected chi connectivity index (χ3v) is 4.37. The molecule has 1 N–H and O–H groups in total. The second-order valence-electron chi connectivity index (χ2n) is 6.28. The van der Waals surface area contributed by atoms with Crippen LogP contribution in [0.2, 0.25) is 0 Å². The summed E-state index contributed by atoms with van der Waals surface area (Å²) in [6, 6.07) is 16.0. The first-order valence-electron chi connectivity index (χ1n) is 8.97. The second-order valence-corrected chi connectivity index (χ2v) is 6.28. The first-order valence-corrected chi connectivity index (χ1v) is 8.97. The van der Waals surface area contributed by atoms with E-state index >= 15 is 0 Å². The van der Waals surface area contributed by atoms with E-state index in [1.807, 2.05) is 54.2 Å². The van der Waals surface area contributed by atoms with Gasteiger partial charge in [0.05, 0.1) is 6.54 Å². The molecule has 27 heavy (non-hydrogen) atoms. The number of nitrogens with one attached hydrogen (secondary N) is 1. The van der Waals surface area contributed by atoms with Gasteiger partial charge in [0.15, 0.2) is 0 Å². The van der Waals surface area contributed by atoms with Crippen LogP contribution in [0.4, 0.5) is 9.18 Å². The van der Waals surface area contributed by atoms with Crippen molar-refractivity contribution < 1.29 is 9.18 Å². The maximum atomic E-state index is 13.4. The molecule has 1 aromatic heterocycles. The quantitative estimate of drug-likeness (QED) is 0.691. The van der Waals surface area contributed by atoms with Crippen LogP contribution >= 0.6 is 0 Å². The molecule has 140 valence electrons. The monoisotopic (exact) mass is 366 g/mol. The lowest BCUT2D eigenvalue weighted by atomic mass is 10.1. The number of hydrogen-bond donors (Lipinski definition) is 1. The van der Waals surface area contributed by atoms with E-state index in [0.29, 0.717) is 26.2 Å². The standard InChI is InChI=1S/C21H23FN4O/c1-2-25(15-17-7-5-10-20(22)13-17)21(27)23-14-18-8-3-4-9-19(18)16-26-12-6-11-24-26/h3-13H,2,14-16H2,1H3,(H,23,27). The number of urea groups is 1. The number of carbonyl (C=O) groups is 1. The summed E-state index contributed by atoms with van der Waals surface area (Å²) < 4.78 is 15.2. The Kier molecular flexibility index (Phi) is 6.20. The van der Waals surface area contributed by atoms with Crippen molar-refractivity contribution >= 4 is 6.03 Å². The fraction of sp³-hybridized carbons (Fsp3) is 0.238. The molecule has 0 bridgehead atoms. The maximum Gasteiger partial charge on any atom is 0.317 e. The van der Waals surface area contributed by atoms with Gasteiger partial charge in [-0.2, -0.15) is 5.10 Å². The third kappa shape index (κ3) is 5.17. The summed E-state index contributed by atoms with van der Waals surface area (Å²) in [6.45, 7) is 3.90. The minimum absolute atomic E-state index is 0.171. The summed E-state index contributed by atoms with van der Waals surface area (Å²) in [7, 11) is 0. The number of aromatic nitrogens is 2. The zero-order chi connectivity index (χ0) is 19.1. The van der Waals surface area contributed by atoms with Gasteiger partial charge in [-0.25, -0.2) is 9.18 Å². The number of carbonyl (C=O) groups excluding carboxylic acids is 1. The van der Waals surface area contributed by atoms with Gasteiger partial charge in [0.25, 0.3) is 0 Å². The van der Waals surface area contributed by atoms with E-state index in [1.54, 1.807) is 17.2 Å². The molecule has 0 saturated heterocycles. The molecule has 0 unspecified atom stereocenters. The largest absolute Gasteiger partial charge is 0.334 e. The summed E-state index contributed by atoms with van der Waals surface area (Å²) in [6.07, 6.45) is 3.66. The van der Waals surface area contributed by atoms with Gasteiger partial charge in [-0.3, -0.25) is 4.68 Å². The van der Waals surface area contributed by atoms with Gasteiger partial charge in [-0.05, 0) is 41.8 Å². The van der Waals surface area contributed by atoms with E-state index in [-0.39, 0.29) is 11.8 Å². The molecule has 1 heterocycles. The highest BCUT2D eigenvalue weighted by atomic mass is 19.1. The Morgan fingerprint density at radius 1 is 1.15 bits per heavy atom. The molecule has 0 aliphatic heterocycles. The smallest absolute Gasteiger partial charge is 0.317 e. The first kappa shape index (κ1) is 18.6. The molecule has 6 heteroatoms. The summed E-state index contributed by atoms with van der Waals surface area (Å²) in [4.78, 5) is 14.2. The van der Waals surface area contributed by atoms with E-state index in [2.05, 4.69) is 10.4 Å². The molecule has 0 aliphatic carbocycles. The molecule has 0 aliphatic rings. The predicted octanol–water partition coefficient (Wildman–Crippen LogP) is 3.80. The molecular weight excluding hydrogens is 343 g/mol. The van der Waals surface area contributed by atoms with Crippen molar-refractivity contribution in [3.63, 3.8) is 0 Å². The van der Waals surface area contributed by atoms with Crippen LogP contribution < -0.4 is 5.32 Å². The van der Waals surface area contributed by atoms with Crippen molar-refractivity contribution in [3.05, 3.63) is 89.5 Å². The molecule has 3 rings (SSSR count). The second kappa shape index (κ2) is 8.98. The van der Waals surface area contributed by atoms with E-state index in [0.717, 1.165) is 16.7 Å². The Labute approximate surface area is 158 Å². The van der Waals surface area contributed by atoms with Crippen LogP contribution in [0.3, 0.4) is 0 Å². The van der Waals surface area contributed by atoms with Gasteiger partial charge in [-0.1, -0.05) is 36.4 Å². The van der Waals surface area contributed by atoms with Crippen LogP contribution in [0, 0.1) is 5.82 Å². The average molecular weight is 366 g/mol. The van der Waals surface area contributed by atoms with Gasteiger partial charge in [-0.15, -0.1) is 0 Å². The van der Waals surface area contributed by atoms with E-state index < -0.39 is 0 Å². The molecule has 2 amide bonds. The Balaban J connectivity index is 1.62. The summed E-state index contributed by atoms with van der Waals surface area (Å²) in [5.74, 6) is -0.295. The van der Waals surface area contributed by atoms with Crippen LogP contribution in [0.25, 0.3) is 0 Å². The zero-order valence-corrected chi connectivity index (χ0v) is 15.3. The maximum absolute atomic E-state index is 13.4. The molecule has 5 nitrogen and oxygen atoms in total. The van der Waals surface area contributed by atoms with E-state index in [9.17, 15) is 9.18 Å². The minimum Gasteiger partial charge on any atom is -0.334 e. The summed E-state index contributed by atoms with van der Waals surface area (Å²) in [5, 5.41) is 7.20. The van der Waals surface area contributed by atoms with Crippen molar-refractivity contribution in [3.8, 4) is 0 Å². The lowest BCUT2D eigenvalue weighted by molar-refractivity contribution is 0.197. The van der Waals surface area contributed by atoms with Gasteiger partial charge in [0.1, 0.15) is 5.82 Å². The Morgan fingerprint density at radius 2 is 1.96 bits per heavy atom. The number of amides is 2. The molecule has 0 radical (unpaired) electrons. The number of rotatable bonds is 7. The molecule has 0 atom stereocenters. The molecule has 0 saturated carbocycles. The lowest BCUT2D eigenvalue weighted by Crippen LogP contribution is -2.39. The summed E-state index contributed by atoms with van der Waals surface area (Å²) in [5.41, 5.74) is 2.92. The van der Waals surface area contributed by atoms with Gasteiger partial charge in [0.2, 0.25) is 0 Å². The van der Waals surface area contributed by atoms with Crippen LogP contribution in [-0.4, -0.2) is 27.3 Å². The Bertz CT molecular complexity index is 879. The fourth-order valence-corrected chi connectivity index (χ4v) is 2.92. The van der Waals surface area contributed by atoms with Crippen molar-refractivity contribution in [1.82, 2.24) is 20.0 Å². The van der Waals surface area contributed by atoms with Crippen LogP contribution in [-0.2, 0) is 19.6 Å². The van der Waals surface area contributed by atoms with E-state index in [1.165, 1.54) is 12.1 Å². The highest BCUT2D eigenvalue weighted by Crippen LogP contribution is 2.11. The predicted molar refractivity (Wildman–Crippen MR) is 102 cm³/mol. The van der Waals surface area contributed by atoms with Crippen LogP contribution in [0.15, 0.2) is 67.0 Å². The molecule has 2 aromatic carbocycles. The van der Waals surface area contributed by atoms with E-state index in [4.69, 9.17) is 0 Å². The van der Waals surface area contributed by atoms with Gasteiger partial charge in [0, 0.05) is 32.0 Å². The number of hydrogen-bond acceptors (Lipinski definition) is 2. The van der Waals surface area contributed by atoms with Crippen LogP contribution in [0.1, 0.15) is 23.6 Å². The summed E-state index contributed by atoms with van der Waals surface area (Å²) >= 11 is 0. The number of benzene rings is 2. The number of nitrogens with zero attached hydrogens (tertiary/aromatic N) is 3.